The minimum absolute atomic E-state index is 0.00870. The number of amides is 1. The Morgan fingerprint density at radius 1 is 1.52 bits per heavy atom. The number of fused-ring (bicyclic) bond motifs is 1. The first-order chi connectivity index (χ1) is 12.8. The molecule has 1 aliphatic rings. The largest absolute Gasteiger partial charge is 0.471 e. The molecule has 3 heterocycles. The monoisotopic (exact) mass is 393 g/mol. The zero-order valence-corrected chi connectivity index (χ0v) is 15.7. The van der Waals surface area contributed by atoms with E-state index in [0.29, 0.717) is 0 Å². The summed E-state index contributed by atoms with van der Waals surface area (Å²) in [6.45, 7) is 4.85. The Morgan fingerprint density at radius 2 is 2.26 bits per heavy atom. The predicted octanol–water partition coefficient (Wildman–Crippen LogP) is 1.11. The zero-order chi connectivity index (χ0) is 19.7. The summed E-state index contributed by atoms with van der Waals surface area (Å²) in [4.78, 5) is 45.9. The third-order valence-electron chi connectivity index (χ3n) is 3.88. The normalized spacial score (nSPS) is 21.0. The number of rotatable bonds is 4. The van der Waals surface area contributed by atoms with Gasteiger partial charge in [0.05, 0.1) is 0 Å². The second-order valence-electron chi connectivity index (χ2n) is 6.34. The van der Waals surface area contributed by atoms with Crippen molar-refractivity contribution in [2.75, 3.05) is 5.32 Å². The van der Waals surface area contributed by atoms with Gasteiger partial charge in [0.1, 0.15) is 18.2 Å². The summed E-state index contributed by atoms with van der Waals surface area (Å²) in [6.07, 6.45) is 0.0605. The molecular weight excluding hydrogens is 374 g/mol. The van der Waals surface area contributed by atoms with Crippen molar-refractivity contribution in [1.82, 2.24) is 19.5 Å². The summed E-state index contributed by atoms with van der Waals surface area (Å²) in [6, 6.07) is 0. The van der Waals surface area contributed by atoms with Crippen LogP contribution in [0.2, 0.25) is 0 Å². The van der Waals surface area contributed by atoms with Crippen molar-refractivity contribution in [1.29, 1.82) is 0 Å². The number of carbonyl (C=O) groups excluding carboxylic acids is 2. The second kappa shape index (κ2) is 7.53. The first-order valence-electron chi connectivity index (χ1n) is 8.26. The van der Waals surface area contributed by atoms with Crippen molar-refractivity contribution >= 4 is 39.9 Å². The van der Waals surface area contributed by atoms with Gasteiger partial charge in [-0.15, -0.1) is 0 Å². The van der Waals surface area contributed by atoms with E-state index in [4.69, 9.17) is 4.74 Å². The van der Waals surface area contributed by atoms with Crippen LogP contribution in [0, 0.1) is 5.92 Å². The Labute approximate surface area is 158 Å². The van der Waals surface area contributed by atoms with E-state index in [1.165, 1.54) is 23.2 Å². The molecule has 2 atom stereocenters. The molecular formula is C16H19N5O5S. The third kappa shape index (κ3) is 4.03. The number of H-pyrrole nitrogens is 1. The van der Waals surface area contributed by atoms with Crippen LogP contribution < -0.4 is 10.9 Å². The summed E-state index contributed by atoms with van der Waals surface area (Å²) in [7, 11) is 0. The Morgan fingerprint density at radius 3 is 2.93 bits per heavy atom. The Kier molecular flexibility index (Phi) is 5.33. The van der Waals surface area contributed by atoms with E-state index in [1.807, 2.05) is 0 Å². The molecule has 2 aromatic heterocycles. The van der Waals surface area contributed by atoms with E-state index in [0.717, 1.165) is 11.8 Å². The number of nitrogens with zero attached hydrogens (tertiary/aromatic N) is 3. The van der Waals surface area contributed by atoms with Gasteiger partial charge in [-0.05, 0) is 0 Å². The van der Waals surface area contributed by atoms with E-state index in [-0.39, 0.29) is 46.2 Å². The third-order valence-corrected chi connectivity index (χ3v) is 4.56. The van der Waals surface area contributed by atoms with E-state index >= 15 is 0 Å². The molecule has 27 heavy (non-hydrogen) atoms. The first kappa shape index (κ1) is 19.1. The quantitative estimate of drug-likeness (QED) is 0.702. The van der Waals surface area contributed by atoms with Crippen LogP contribution in [-0.2, 0) is 14.3 Å². The Bertz CT molecular complexity index is 979. The Hall–Kier alpha value is -2.66. The molecule has 2 aromatic rings. The number of aromatic amines is 1. The molecule has 0 spiro atoms. The lowest BCUT2D eigenvalue weighted by Gasteiger charge is -2.13. The SMILES string of the molecule is CC(=O)SC=C1O[C@@H](n2cnc3c(=O)[nH]c(NC(=O)C(C)C)nc32)C[C@@H]1O. The van der Waals surface area contributed by atoms with Crippen LogP contribution in [0.3, 0.4) is 0 Å². The number of nitrogens with one attached hydrogen (secondary N) is 2. The number of hydrogen-bond donors (Lipinski definition) is 3. The fraction of sp³-hybridized carbons (Fsp3) is 0.438. The highest BCUT2D eigenvalue weighted by atomic mass is 32.2. The van der Waals surface area contributed by atoms with Crippen molar-refractivity contribution in [2.45, 2.75) is 39.5 Å². The number of hydrogen-bond acceptors (Lipinski definition) is 8. The molecule has 0 bridgehead atoms. The van der Waals surface area contributed by atoms with Gasteiger partial charge in [-0.2, -0.15) is 4.98 Å². The molecule has 0 unspecified atom stereocenters. The lowest BCUT2D eigenvalue weighted by atomic mass is 10.2. The van der Waals surface area contributed by atoms with Crippen molar-refractivity contribution in [2.24, 2.45) is 5.92 Å². The average Bonchev–Trinajstić information content (AvgIpc) is 3.16. The van der Waals surface area contributed by atoms with Crippen molar-refractivity contribution < 1.29 is 19.4 Å². The maximum absolute atomic E-state index is 12.2. The van der Waals surface area contributed by atoms with E-state index < -0.39 is 17.9 Å². The van der Waals surface area contributed by atoms with Crippen LogP contribution >= 0.6 is 11.8 Å². The lowest BCUT2D eigenvalue weighted by molar-refractivity contribution is -0.119. The summed E-state index contributed by atoms with van der Waals surface area (Å²) < 4.78 is 7.21. The zero-order valence-electron chi connectivity index (χ0n) is 14.9. The van der Waals surface area contributed by atoms with Gasteiger partial charge in [0.2, 0.25) is 11.9 Å². The van der Waals surface area contributed by atoms with Gasteiger partial charge in [-0.3, -0.25) is 29.3 Å². The van der Waals surface area contributed by atoms with Crippen LogP contribution in [0.5, 0.6) is 0 Å². The van der Waals surface area contributed by atoms with Gasteiger partial charge in [0.25, 0.3) is 5.56 Å². The maximum atomic E-state index is 12.2. The standard InChI is InChI=1S/C16H19N5O5S/c1-7(2)14(24)19-16-18-13-12(15(25)20-16)17-6-21(13)11-4-9(23)10(26-11)5-27-8(3)22/h5-7,9,11,23H,4H2,1-3H3,(H2,18,19,20,24,25)/t9-,11+/m0/s1. The number of aliphatic hydroxyl groups excluding tert-OH is 1. The molecule has 1 fully saturated rings. The van der Waals surface area contributed by atoms with Crippen LogP contribution in [0.25, 0.3) is 11.2 Å². The van der Waals surface area contributed by atoms with Gasteiger partial charge < -0.3 is 9.84 Å². The average molecular weight is 393 g/mol. The van der Waals surface area contributed by atoms with Crippen LogP contribution in [0.4, 0.5) is 5.95 Å². The molecule has 144 valence electrons. The van der Waals surface area contributed by atoms with Gasteiger partial charge in [0, 0.05) is 24.7 Å². The summed E-state index contributed by atoms with van der Waals surface area (Å²) in [5.74, 6) is -0.298. The topological polar surface area (TPSA) is 139 Å². The van der Waals surface area contributed by atoms with Crippen molar-refractivity contribution in [3.05, 3.63) is 27.8 Å². The molecule has 3 rings (SSSR count). The predicted molar refractivity (Wildman–Crippen MR) is 98.7 cm³/mol. The minimum atomic E-state index is -0.888. The van der Waals surface area contributed by atoms with Crippen molar-refractivity contribution in [3.8, 4) is 0 Å². The molecule has 10 nitrogen and oxygen atoms in total. The molecule has 0 saturated carbocycles. The highest BCUT2D eigenvalue weighted by molar-refractivity contribution is 8.16. The first-order valence-corrected chi connectivity index (χ1v) is 9.14. The summed E-state index contributed by atoms with van der Waals surface area (Å²) >= 11 is 0.921. The lowest BCUT2D eigenvalue weighted by Crippen LogP contribution is -2.22. The summed E-state index contributed by atoms with van der Waals surface area (Å²) in [5, 5.41) is 14.0. The summed E-state index contributed by atoms with van der Waals surface area (Å²) in [5.41, 5.74) is -0.194. The number of anilines is 1. The van der Waals surface area contributed by atoms with Crippen LogP contribution in [0.15, 0.2) is 22.3 Å². The van der Waals surface area contributed by atoms with Gasteiger partial charge in [-0.25, -0.2) is 4.98 Å². The highest BCUT2D eigenvalue weighted by Gasteiger charge is 2.32. The number of imidazole rings is 1. The van der Waals surface area contributed by atoms with Crippen molar-refractivity contribution in [3.63, 3.8) is 0 Å². The van der Waals surface area contributed by atoms with Crippen LogP contribution in [0.1, 0.15) is 33.4 Å². The number of thioether (sulfide) groups is 1. The van der Waals surface area contributed by atoms with E-state index in [1.54, 1.807) is 13.8 Å². The maximum Gasteiger partial charge on any atom is 0.280 e. The molecule has 0 aromatic carbocycles. The number of carbonyl (C=O) groups is 2. The highest BCUT2D eigenvalue weighted by Crippen LogP contribution is 2.34. The van der Waals surface area contributed by atoms with Gasteiger partial charge in [0.15, 0.2) is 22.5 Å². The second-order valence-corrected chi connectivity index (χ2v) is 7.38. The van der Waals surface area contributed by atoms with Gasteiger partial charge in [-0.1, -0.05) is 25.6 Å². The number of ether oxygens (including phenoxy) is 1. The molecule has 1 aliphatic heterocycles. The molecule has 3 N–H and O–H groups in total. The molecule has 0 aliphatic carbocycles. The van der Waals surface area contributed by atoms with E-state index in [9.17, 15) is 19.5 Å². The Balaban J connectivity index is 1.92. The van der Waals surface area contributed by atoms with E-state index in [2.05, 4.69) is 20.3 Å². The minimum Gasteiger partial charge on any atom is -0.471 e. The molecule has 0 radical (unpaired) electrons. The molecule has 11 heteroatoms. The molecule has 1 saturated heterocycles. The number of aliphatic hydroxyl groups is 1. The fourth-order valence-corrected chi connectivity index (χ4v) is 2.96. The van der Waals surface area contributed by atoms with Gasteiger partial charge >= 0.3 is 0 Å². The smallest absolute Gasteiger partial charge is 0.280 e. The van der Waals surface area contributed by atoms with Crippen LogP contribution in [-0.4, -0.2) is 41.8 Å². The number of aromatic nitrogens is 4. The fourth-order valence-electron chi connectivity index (χ4n) is 2.47. The molecule has 1 amide bonds.